The fourth-order valence-corrected chi connectivity index (χ4v) is 2.14. The van der Waals surface area contributed by atoms with Gasteiger partial charge in [-0.3, -0.25) is 14.9 Å². The quantitative estimate of drug-likeness (QED) is 0.467. The highest BCUT2D eigenvalue weighted by Gasteiger charge is 2.11. The van der Waals surface area contributed by atoms with Crippen LogP contribution >= 0.6 is 0 Å². The molecule has 0 spiro atoms. The summed E-state index contributed by atoms with van der Waals surface area (Å²) < 4.78 is 0. The smallest absolute Gasteiger partial charge is 0.292 e. The Morgan fingerprint density at radius 3 is 2.48 bits per heavy atom. The molecule has 120 valence electrons. The molecule has 0 atom stereocenters. The number of nitro benzene ring substituents is 1. The van der Waals surface area contributed by atoms with Gasteiger partial charge in [0.25, 0.3) is 5.69 Å². The second-order valence-corrected chi connectivity index (χ2v) is 5.21. The summed E-state index contributed by atoms with van der Waals surface area (Å²) in [5.41, 5.74) is 2.59. The molecule has 0 aliphatic carbocycles. The number of amides is 1. The summed E-state index contributed by atoms with van der Waals surface area (Å²) in [6.45, 7) is 2.82. The van der Waals surface area contributed by atoms with Crippen molar-refractivity contribution in [2.75, 3.05) is 18.4 Å². The fraction of sp³-hybridized carbons (Fsp3) is 0.235. The molecule has 0 heterocycles. The van der Waals surface area contributed by atoms with Crippen molar-refractivity contribution in [2.45, 2.75) is 13.3 Å². The van der Waals surface area contributed by atoms with E-state index in [0.29, 0.717) is 25.2 Å². The van der Waals surface area contributed by atoms with Crippen LogP contribution in [0.3, 0.4) is 0 Å². The number of para-hydroxylation sites is 2. The van der Waals surface area contributed by atoms with E-state index in [0.717, 1.165) is 11.1 Å². The second kappa shape index (κ2) is 7.93. The second-order valence-electron chi connectivity index (χ2n) is 5.21. The molecule has 2 aromatic rings. The highest BCUT2D eigenvalue weighted by atomic mass is 16.6. The lowest BCUT2D eigenvalue weighted by Crippen LogP contribution is -2.30. The highest BCUT2D eigenvalue weighted by Crippen LogP contribution is 2.22. The van der Waals surface area contributed by atoms with Gasteiger partial charge in [-0.2, -0.15) is 0 Å². The van der Waals surface area contributed by atoms with E-state index in [9.17, 15) is 14.9 Å². The van der Waals surface area contributed by atoms with Crippen LogP contribution in [0.2, 0.25) is 0 Å². The number of carbonyl (C=O) groups excluding carboxylic acids is 1. The van der Waals surface area contributed by atoms with Crippen LogP contribution in [0.4, 0.5) is 11.4 Å². The van der Waals surface area contributed by atoms with E-state index in [4.69, 9.17) is 0 Å². The van der Waals surface area contributed by atoms with E-state index in [2.05, 4.69) is 10.6 Å². The van der Waals surface area contributed by atoms with Gasteiger partial charge in [-0.05, 0) is 18.6 Å². The zero-order valence-electron chi connectivity index (χ0n) is 12.9. The molecule has 0 radical (unpaired) electrons. The van der Waals surface area contributed by atoms with E-state index < -0.39 is 4.92 Å². The van der Waals surface area contributed by atoms with E-state index in [1.54, 1.807) is 18.2 Å². The number of nitro groups is 1. The lowest BCUT2D eigenvalue weighted by Gasteiger charge is -2.08. The van der Waals surface area contributed by atoms with Gasteiger partial charge in [0.2, 0.25) is 5.91 Å². The highest BCUT2D eigenvalue weighted by molar-refractivity contribution is 5.78. The first-order chi connectivity index (χ1) is 11.1. The lowest BCUT2D eigenvalue weighted by molar-refractivity contribution is -0.384. The zero-order valence-corrected chi connectivity index (χ0v) is 12.9. The predicted molar refractivity (Wildman–Crippen MR) is 89.5 cm³/mol. The number of benzene rings is 2. The first-order valence-electron chi connectivity index (χ1n) is 7.36. The van der Waals surface area contributed by atoms with Crippen molar-refractivity contribution >= 4 is 17.3 Å². The SMILES string of the molecule is Cc1ccc(CC(=O)NCCNc2ccccc2[N+](=O)[O-])cc1. The normalized spacial score (nSPS) is 10.1. The molecule has 2 N–H and O–H groups in total. The van der Waals surface area contributed by atoms with Crippen molar-refractivity contribution in [3.8, 4) is 0 Å². The maximum atomic E-state index is 11.8. The average molecular weight is 313 g/mol. The molecule has 6 heteroatoms. The van der Waals surface area contributed by atoms with Gasteiger partial charge in [-0.1, -0.05) is 42.0 Å². The molecule has 0 saturated carbocycles. The number of hydrogen-bond donors (Lipinski definition) is 2. The molecular weight excluding hydrogens is 294 g/mol. The van der Waals surface area contributed by atoms with E-state index in [-0.39, 0.29) is 11.6 Å². The molecule has 0 bridgehead atoms. The van der Waals surface area contributed by atoms with Crippen LogP contribution < -0.4 is 10.6 Å². The summed E-state index contributed by atoms with van der Waals surface area (Å²) >= 11 is 0. The Morgan fingerprint density at radius 1 is 1.09 bits per heavy atom. The largest absolute Gasteiger partial charge is 0.378 e. The van der Waals surface area contributed by atoms with Crippen LogP contribution in [0.25, 0.3) is 0 Å². The molecule has 0 aromatic heterocycles. The molecular formula is C17H19N3O3. The van der Waals surface area contributed by atoms with Crippen molar-refractivity contribution in [1.82, 2.24) is 5.32 Å². The Morgan fingerprint density at radius 2 is 1.78 bits per heavy atom. The minimum Gasteiger partial charge on any atom is -0.378 e. The van der Waals surface area contributed by atoms with Gasteiger partial charge in [0.05, 0.1) is 11.3 Å². The third-order valence-electron chi connectivity index (χ3n) is 3.35. The molecule has 1 amide bonds. The third kappa shape index (κ3) is 5.10. The Bertz CT molecular complexity index is 684. The van der Waals surface area contributed by atoms with Crippen LogP contribution in [0.1, 0.15) is 11.1 Å². The molecule has 0 saturated heterocycles. The van der Waals surface area contributed by atoms with Gasteiger partial charge in [0.1, 0.15) is 5.69 Å². The fourth-order valence-electron chi connectivity index (χ4n) is 2.14. The number of nitrogens with zero attached hydrogens (tertiary/aromatic N) is 1. The molecule has 0 unspecified atom stereocenters. The molecule has 0 aliphatic rings. The summed E-state index contributed by atoms with van der Waals surface area (Å²) in [7, 11) is 0. The number of rotatable bonds is 7. The van der Waals surface area contributed by atoms with Crippen LogP contribution in [0, 0.1) is 17.0 Å². The van der Waals surface area contributed by atoms with Gasteiger partial charge in [0, 0.05) is 19.2 Å². The standard InChI is InChI=1S/C17H19N3O3/c1-13-6-8-14(9-7-13)12-17(21)19-11-10-18-15-4-2-3-5-16(15)20(22)23/h2-9,18H,10-12H2,1H3,(H,19,21). The maximum Gasteiger partial charge on any atom is 0.292 e. The Hall–Kier alpha value is -2.89. The van der Waals surface area contributed by atoms with Crippen LogP contribution in [0.15, 0.2) is 48.5 Å². The van der Waals surface area contributed by atoms with E-state index in [1.165, 1.54) is 6.07 Å². The molecule has 2 rings (SSSR count). The van der Waals surface area contributed by atoms with Gasteiger partial charge in [0.15, 0.2) is 0 Å². The first-order valence-corrected chi connectivity index (χ1v) is 7.36. The summed E-state index contributed by atoms with van der Waals surface area (Å²) in [6.07, 6.45) is 0.325. The van der Waals surface area contributed by atoms with Gasteiger partial charge < -0.3 is 10.6 Å². The van der Waals surface area contributed by atoms with Gasteiger partial charge in [-0.15, -0.1) is 0 Å². The number of hydrogen-bond acceptors (Lipinski definition) is 4. The molecule has 0 fully saturated rings. The van der Waals surface area contributed by atoms with Gasteiger partial charge >= 0.3 is 0 Å². The first kappa shape index (κ1) is 16.5. The monoisotopic (exact) mass is 313 g/mol. The Balaban J connectivity index is 1.76. The average Bonchev–Trinajstić information content (AvgIpc) is 2.54. The predicted octanol–water partition coefficient (Wildman–Crippen LogP) is 2.67. The summed E-state index contributed by atoms with van der Waals surface area (Å²) in [5.74, 6) is -0.0711. The third-order valence-corrected chi connectivity index (χ3v) is 3.35. The maximum absolute atomic E-state index is 11.8. The zero-order chi connectivity index (χ0) is 16.7. The number of aryl methyl sites for hydroxylation is 1. The van der Waals surface area contributed by atoms with E-state index >= 15 is 0 Å². The molecule has 2 aromatic carbocycles. The van der Waals surface area contributed by atoms with Gasteiger partial charge in [-0.25, -0.2) is 0 Å². The number of nitrogens with one attached hydrogen (secondary N) is 2. The van der Waals surface area contributed by atoms with Crippen LogP contribution in [-0.4, -0.2) is 23.9 Å². The minimum atomic E-state index is -0.432. The van der Waals surface area contributed by atoms with Crippen molar-refractivity contribution in [1.29, 1.82) is 0 Å². The molecule has 0 aliphatic heterocycles. The van der Waals surface area contributed by atoms with Crippen molar-refractivity contribution in [3.05, 3.63) is 69.8 Å². The van der Waals surface area contributed by atoms with Crippen LogP contribution in [0.5, 0.6) is 0 Å². The number of anilines is 1. The van der Waals surface area contributed by atoms with Crippen LogP contribution in [-0.2, 0) is 11.2 Å². The molecule has 23 heavy (non-hydrogen) atoms. The summed E-state index contributed by atoms with van der Waals surface area (Å²) in [6, 6.07) is 14.2. The Kier molecular flexibility index (Phi) is 5.68. The van der Waals surface area contributed by atoms with E-state index in [1.807, 2.05) is 31.2 Å². The van der Waals surface area contributed by atoms with Crippen molar-refractivity contribution in [3.63, 3.8) is 0 Å². The lowest BCUT2D eigenvalue weighted by atomic mass is 10.1. The Labute approximate surface area is 134 Å². The topological polar surface area (TPSA) is 84.3 Å². The van der Waals surface area contributed by atoms with Crippen molar-refractivity contribution in [2.24, 2.45) is 0 Å². The van der Waals surface area contributed by atoms with Crippen molar-refractivity contribution < 1.29 is 9.72 Å². The minimum absolute atomic E-state index is 0.0264. The molecule has 6 nitrogen and oxygen atoms in total. The summed E-state index contributed by atoms with van der Waals surface area (Å²) in [5, 5.41) is 16.6. The summed E-state index contributed by atoms with van der Waals surface area (Å²) in [4.78, 5) is 22.3. The number of carbonyl (C=O) groups is 1.